The van der Waals surface area contributed by atoms with Crippen LogP contribution in [-0.2, 0) is 4.79 Å². The Morgan fingerprint density at radius 3 is 2.21 bits per heavy atom. The van der Waals surface area contributed by atoms with Crippen molar-refractivity contribution < 1.29 is 4.79 Å². The third-order valence-electron chi connectivity index (χ3n) is 5.25. The van der Waals surface area contributed by atoms with Crippen LogP contribution < -0.4 is 11.1 Å². The van der Waals surface area contributed by atoms with Crippen LogP contribution in [0.2, 0.25) is 0 Å². The van der Waals surface area contributed by atoms with Gasteiger partial charge in [0.2, 0.25) is 5.91 Å². The number of rotatable bonds is 6. The average molecular weight is 280 g/mol. The highest BCUT2D eigenvalue weighted by Crippen LogP contribution is 2.49. The third-order valence-corrected chi connectivity index (χ3v) is 5.64. The topological polar surface area (TPSA) is 55.1 Å². The van der Waals surface area contributed by atoms with Gasteiger partial charge in [-0.3, -0.25) is 4.79 Å². The summed E-state index contributed by atoms with van der Waals surface area (Å²) in [6, 6.07) is 0. The minimum atomic E-state index is -0.535. The Morgan fingerprint density at radius 2 is 1.84 bits per heavy atom. The quantitative estimate of drug-likeness (QED) is 0.734. The molecule has 0 spiro atoms. The van der Waals surface area contributed by atoms with Crippen LogP contribution in [0.15, 0.2) is 0 Å². The second-order valence-corrected chi connectivity index (χ2v) is 7.45. The molecule has 19 heavy (non-hydrogen) atoms. The lowest BCUT2D eigenvalue weighted by Gasteiger charge is -2.44. The molecule has 0 aliphatic heterocycles. The molecule has 3 N–H and O–H groups in total. The molecule has 3 aliphatic carbocycles. The predicted molar refractivity (Wildman–Crippen MR) is 79.6 cm³/mol. The first-order chi connectivity index (χ1) is 9.03. The van der Waals surface area contributed by atoms with Crippen LogP contribution >= 0.6 is 12.2 Å². The fourth-order valence-electron chi connectivity index (χ4n) is 3.78. The minimum absolute atomic E-state index is 0.0874. The van der Waals surface area contributed by atoms with E-state index in [1.807, 2.05) is 0 Å². The summed E-state index contributed by atoms with van der Waals surface area (Å²) in [4.78, 5) is 12.8. The van der Waals surface area contributed by atoms with E-state index in [1.165, 1.54) is 25.7 Å². The van der Waals surface area contributed by atoms with Gasteiger partial charge in [0.05, 0.1) is 10.4 Å². The molecule has 0 heterocycles. The maximum atomic E-state index is 12.4. The molecule has 3 nitrogen and oxygen atoms in total. The fraction of sp³-hybridized carbons (Fsp3) is 0.867. The number of thiocarbonyl (C=S) groups is 1. The van der Waals surface area contributed by atoms with E-state index in [9.17, 15) is 4.79 Å². The number of carbonyl (C=O) groups is 1. The maximum Gasteiger partial charge on any atom is 0.233 e. The highest BCUT2D eigenvalue weighted by molar-refractivity contribution is 7.80. The molecule has 1 amide bonds. The van der Waals surface area contributed by atoms with Gasteiger partial charge in [-0.05, 0) is 62.2 Å². The molecule has 3 rings (SSSR count). The molecule has 3 fully saturated rings. The van der Waals surface area contributed by atoms with E-state index in [0.717, 1.165) is 31.2 Å². The summed E-state index contributed by atoms with van der Waals surface area (Å²) in [5.74, 6) is 3.10. The van der Waals surface area contributed by atoms with E-state index in [2.05, 4.69) is 12.2 Å². The molecule has 106 valence electrons. The highest BCUT2D eigenvalue weighted by atomic mass is 32.1. The number of nitrogens with two attached hydrogens (primary N) is 1. The van der Waals surface area contributed by atoms with Gasteiger partial charge in [-0.15, -0.1) is 0 Å². The molecular formula is C15H24N2OS. The first-order valence-corrected chi connectivity index (χ1v) is 8.02. The molecule has 0 unspecified atom stereocenters. The summed E-state index contributed by atoms with van der Waals surface area (Å²) in [5.41, 5.74) is 5.28. The molecular weight excluding hydrogens is 256 g/mol. The molecule has 0 atom stereocenters. The number of amides is 1. The highest BCUT2D eigenvalue weighted by Gasteiger charge is 2.51. The number of nitrogens with one attached hydrogen (secondary N) is 1. The van der Waals surface area contributed by atoms with Gasteiger partial charge in [-0.25, -0.2) is 0 Å². The lowest BCUT2D eigenvalue weighted by Crippen LogP contribution is -2.56. The minimum Gasteiger partial charge on any atom is -0.392 e. The maximum absolute atomic E-state index is 12.4. The van der Waals surface area contributed by atoms with Crippen molar-refractivity contribution in [1.82, 2.24) is 5.32 Å². The number of hydrogen-bond donors (Lipinski definition) is 2. The van der Waals surface area contributed by atoms with E-state index < -0.39 is 5.41 Å². The van der Waals surface area contributed by atoms with Crippen LogP contribution in [0.25, 0.3) is 0 Å². The van der Waals surface area contributed by atoms with Crippen molar-refractivity contribution in [2.45, 2.75) is 45.4 Å². The van der Waals surface area contributed by atoms with Crippen molar-refractivity contribution in [3.8, 4) is 0 Å². The molecule has 0 radical (unpaired) electrons. The summed E-state index contributed by atoms with van der Waals surface area (Å²) in [6.07, 6.45) is 7.07. The van der Waals surface area contributed by atoms with E-state index >= 15 is 0 Å². The Labute approximate surface area is 120 Å². The summed E-state index contributed by atoms with van der Waals surface area (Å²) in [7, 11) is 0. The second kappa shape index (κ2) is 4.72. The van der Waals surface area contributed by atoms with E-state index in [0.29, 0.717) is 16.8 Å². The van der Waals surface area contributed by atoms with Crippen LogP contribution in [0.1, 0.15) is 45.4 Å². The van der Waals surface area contributed by atoms with Crippen LogP contribution in [0.4, 0.5) is 0 Å². The Hall–Kier alpha value is -0.640. The Kier molecular flexibility index (Phi) is 3.32. The van der Waals surface area contributed by atoms with Gasteiger partial charge in [-0.2, -0.15) is 0 Å². The molecule has 0 aromatic heterocycles. The summed E-state index contributed by atoms with van der Waals surface area (Å²) >= 11 is 5.13. The van der Waals surface area contributed by atoms with Crippen LogP contribution in [0.3, 0.4) is 0 Å². The Bertz CT molecular complexity index is 383. The van der Waals surface area contributed by atoms with Gasteiger partial charge in [0.1, 0.15) is 0 Å². The third kappa shape index (κ3) is 2.51. The monoisotopic (exact) mass is 280 g/mol. The van der Waals surface area contributed by atoms with Crippen molar-refractivity contribution >= 4 is 23.1 Å². The van der Waals surface area contributed by atoms with Crippen LogP contribution in [-0.4, -0.2) is 17.4 Å². The van der Waals surface area contributed by atoms with Gasteiger partial charge < -0.3 is 11.1 Å². The zero-order valence-electron chi connectivity index (χ0n) is 11.7. The first kappa shape index (κ1) is 13.3. The fourth-order valence-corrected chi connectivity index (χ4v) is 4.03. The number of hydrogen-bond acceptors (Lipinski definition) is 2. The molecule has 0 bridgehead atoms. The zero-order chi connectivity index (χ0) is 13.6. The van der Waals surface area contributed by atoms with Gasteiger partial charge >= 0.3 is 0 Å². The Morgan fingerprint density at radius 1 is 1.32 bits per heavy atom. The molecule has 3 aliphatic rings. The largest absolute Gasteiger partial charge is 0.392 e. The smallest absolute Gasteiger partial charge is 0.233 e. The molecule has 0 aromatic rings. The van der Waals surface area contributed by atoms with Gasteiger partial charge in [0, 0.05) is 6.54 Å². The molecule has 0 saturated heterocycles. The van der Waals surface area contributed by atoms with Crippen molar-refractivity contribution in [3.05, 3.63) is 0 Å². The SMILES string of the molecule is CC1CC(C(=O)NCC(C2CC2)C2CC2)(C(N)=S)C1. The van der Waals surface area contributed by atoms with Crippen LogP contribution in [0.5, 0.6) is 0 Å². The van der Waals surface area contributed by atoms with Gasteiger partial charge in [0.15, 0.2) is 0 Å². The van der Waals surface area contributed by atoms with Crippen molar-refractivity contribution in [2.75, 3.05) is 6.54 Å². The Balaban J connectivity index is 1.56. The summed E-state index contributed by atoms with van der Waals surface area (Å²) in [6.45, 7) is 2.99. The first-order valence-electron chi connectivity index (χ1n) is 7.61. The standard InChI is InChI=1S/C15H24N2OS/c1-9-6-15(7-9,13(16)19)14(18)17-8-12(10-2-3-10)11-4-5-11/h9-12H,2-8H2,1H3,(H2,16,19)(H,17,18). The summed E-state index contributed by atoms with van der Waals surface area (Å²) in [5, 5.41) is 3.16. The molecule has 0 aromatic carbocycles. The van der Waals surface area contributed by atoms with E-state index in [-0.39, 0.29) is 5.91 Å². The van der Waals surface area contributed by atoms with Gasteiger partial charge in [0.25, 0.3) is 0 Å². The second-order valence-electron chi connectivity index (χ2n) is 7.01. The lowest BCUT2D eigenvalue weighted by atomic mass is 9.62. The molecule has 4 heteroatoms. The summed E-state index contributed by atoms with van der Waals surface area (Å²) < 4.78 is 0. The molecule has 3 saturated carbocycles. The van der Waals surface area contributed by atoms with Crippen molar-refractivity contribution in [1.29, 1.82) is 0 Å². The lowest BCUT2D eigenvalue weighted by molar-refractivity contribution is -0.133. The average Bonchev–Trinajstić information content (AvgIpc) is 3.15. The van der Waals surface area contributed by atoms with E-state index in [1.54, 1.807) is 0 Å². The predicted octanol–water partition coefficient (Wildman–Crippen LogP) is 2.24. The van der Waals surface area contributed by atoms with Crippen LogP contribution in [0, 0.1) is 29.1 Å². The van der Waals surface area contributed by atoms with Crippen molar-refractivity contribution in [2.24, 2.45) is 34.8 Å². The number of carbonyl (C=O) groups excluding carboxylic acids is 1. The van der Waals surface area contributed by atoms with Crippen molar-refractivity contribution in [3.63, 3.8) is 0 Å². The van der Waals surface area contributed by atoms with E-state index in [4.69, 9.17) is 18.0 Å². The van der Waals surface area contributed by atoms with Gasteiger partial charge in [-0.1, -0.05) is 19.1 Å². The normalized spacial score (nSPS) is 33.9. The zero-order valence-corrected chi connectivity index (χ0v) is 12.5.